The zero-order valence-electron chi connectivity index (χ0n) is 10.8. The van der Waals surface area contributed by atoms with E-state index in [4.69, 9.17) is 4.42 Å². The first-order chi connectivity index (χ1) is 7.80. The molecule has 0 atom stereocenters. The lowest BCUT2D eigenvalue weighted by molar-refractivity contribution is -0.119. The second-order valence-corrected chi connectivity index (χ2v) is 5.81. The van der Waals surface area contributed by atoms with E-state index < -0.39 is 0 Å². The van der Waals surface area contributed by atoms with Gasteiger partial charge in [-0.15, -0.1) is 0 Å². The minimum Gasteiger partial charge on any atom is -0.465 e. The second-order valence-electron chi connectivity index (χ2n) is 5.81. The summed E-state index contributed by atoms with van der Waals surface area (Å²) in [6.07, 6.45) is 3.97. The van der Waals surface area contributed by atoms with Gasteiger partial charge >= 0.3 is 0 Å². The number of hydrogen-bond donors (Lipinski definition) is 1. The van der Waals surface area contributed by atoms with E-state index >= 15 is 0 Å². The van der Waals surface area contributed by atoms with Crippen molar-refractivity contribution in [3.05, 3.63) is 29.7 Å². The van der Waals surface area contributed by atoms with Crippen LogP contribution in [0.5, 0.6) is 0 Å². The van der Waals surface area contributed by atoms with Gasteiger partial charge in [-0.05, 0) is 45.9 Å². The predicted molar refractivity (Wildman–Crippen MR) is 67.6 cm³/mol. The van der Waals surface area contributed by atoms with Crippen LogP contribution >= 0.6 is 0 Å². The maximum atomic E-state index is 12.2. The molecule has 1 saturated heterocycles. The number of ketones is 1. The maximum absolute atomic E-state index is 12.2. The van der Waals surface area contributed by atoms with Crippen molar-refractivity contribution in [2.24, 2.45) is 0 Å². The number of carbonyl (C=O) groups is 1. The summed E-state index contributed by atoms with van der Waals surface area (Å²) in [7, 11) is 0. The summed E-state index contributed by atoms with van der Waals surface area (Å²) in [6, 6.07) is 3.68. The molecule has 1 fully saturated rings. The minimum absolute atomic E-state index is 0.152. The lowest BCUT2D eigenvalue weighted by Crippen LogP contribution is -2.59. The number of Topliss-reactive ketones (excluding diaryl/α,β-unsaturated/α-hetero) is 1. The van der Waals surface area contributed by atoms with E-state index in [0.29, 0.717) is 6.42 Å². The molecule has 0 bridgehead atoms. The van der Waals surface area contributed by atoms with Gasteiger partial charge in [0.25, 0.3) is 0 Å². The Bertz CT molecular complexity index is 453. The molecule has 0 unspecified atom stereocenters. The van der Waals surface area contributed by atoms with Crippen molar-refractivity contribution in [3.8, 4) is 0 Å². The Labute approximate surface area is 102 Å². The highest BCUT2D eigenvalue weighted by molar-refractivity contribution is 6.02. The summed E-state index contributed by atoms with van der Waals surface area (Å²) in [6.45, 7) is 8.16. The number of hydrogen-bond acceptors (Lipinski definition) is 3. The topological polar surface area (TPSA) is 42.2 Å². The van der Waals surface area contributed by atoms with Crippen molar-refractivity contribution in [2.45, 2.75) is 45.2 Å². The van der Waals surface area contributed by atoms with Crippen LogP contribution in [0.15, 0.2) is 28.4 Å². The molecule has 2 heterocycles. The van der Waals surface area contributed by atoms with Crippen LogP contribution in [0.4, 0.5) is 0 Å². The van der Waals surface area contributed by atoms with E-state index in [1.807, 2.05) is 32.1 Å². The van der Waals surface area contributed by atoms with Crippen LogP contribution in [0.3, 0.4) is 0 Å². The van der Waals surface area contributed by atoms with Gasteiger partial charge in [0.15, 0.2) is 5.78 Å². The molecule has 1 N–H and O–H groups in total. The SMILES string of the molecule is CC1(C)CC(=O)/C(=C\c2ccco2)C(C)(C)N1. The largest absolute Gasteiger partial charge is 0.465 e. The third kappa shape index (κ3) is 2.50. The van der Waals surface area contributed by atoms with Crippen LogP contribution in [0, 0.1) is 0 Å². The molecule has 3 nitrogen and oxygen atoms in total. The Balaban J connectivity index is 2.37. The molecular formula is C14H19NO2. The van der Waals surface area contributed by atoms with Crippen LogP contribution in [0.1, 0.15) is 39.9 Å². The van der Waals surface area contributed by atoms with Gasteiger partial charge in [0.2, 0.25) is 0 Å². The van der Waals surface area contributed by atoms with Crippen molar-refractivity contribution in [1.82, 2.24) is 5.32 Å². The van der Waals surface area contributed by atoms with Gasteiger partial charge in [0.1, 0.15) is 5.76 Å². The van der Waals surface area contributed by atoms with E-state index in [1.165, 1.54) is 0 Å². The molecule has 1 aliphatic heterocycles. The predicted octanol–water partition coefficient (Wildman–Crippen LogP) is 2.78. The van der Waals surface area contributed by atoms with Crippen molar-refractivity contribution in [3.63, 3.8) is 0 Å². The first kappa shape index (κ1) is 12.1. The quantitative estimate of drug-likeness (QED) is 0.758. The smallest absolute Gasteiger partial charge is 0.162 e. The highest BCUT2D eigenvalue weighted by atomic mass is 16.3. The Morgan fingerprint density at radius 3 is 2.59 bits per heavy atom. The lowest BCUT2D eigenvalue weighted by Gasteiger charge is -2.43. The van der Waals surface area contributed by atoms with Crippen LogP contribution < -0.4 is 5.32 Å². The van der Waals surface area contributed by atoms with Crippen LogP contribution in [-0.2, 0) is 4.79 Å². The summed E-state index contributed by atoms with van der Waals surface area (Å²) >= 11 is 0. The lowest BCUT2D eigenvalue weighted by atomic mass is 9.77. The molecule has 0 aromatic carbocycles. The van der Waals surface area contributed by atoms with Gasteiger partial charge in [0, 0.05) is 23.1 Å². The second kappa shape index (κ2) is 3.84. The fourth-order valence-electron chi connectivity index (χ4n) is 2.58. The van der Waals surface area contributed by atoms with Gasteiger partial charge < -0.3 is 9.73 Å². The number of piperidine rings is 1. The summed E-state index contributed by atoms with van der Waals surface area (Å²) in [5.41, 5.74) is 0.305. The molecule has 92 valence electrons. The molecular weight excluding hydrogens is 214 g/mol. The van der Waals surface area contributed by atoms with Crippen molar-refractivity contribution < 1.29 is 9.21 Å². The van der Waals surface area contributed by atoms with Crippen LogP contribution in [0.2, 0.25) is 0 Å². The molecule has 17 heavy (non-hydrogen) atoms. The summed E-state index contributed by atoms with van der Waals surface area (Å²) in [5.74, 6) is 0.915. The zero-order chi connectivity index (χ0) is 12.7. The van der Waals surface area contributed by atoms with Gasteiger partial charge in [-0.25, -0.2) is 0 Å². The monoisotopic (exact) mass is 233 g/mol. The minimum atomic E-state index is -0.328. The average Bonchev–Trinajstić information content (AvgIpc) is 2.60. The molecule has 0 amide bonds. The Hall–Kier alpha value is -1.35. The molecule has 3 heteroatoms. The van der Waals surface area contributed by atoms with Gasteiger partial charge in [-0.1, -0.05) is 0 Å². The highest BCUT2D eigenvalue weighted by Gasteiger charge is 2.40. The number of furan rings is 1. The Morgan fingerprint density at radius 1 is 1.35 bits per heavy atom. The van der Waals surface area contributed by atoms with E-state index in [9.17, 15) is 4.79 Å². The van der Waals surface area contributed by atoms with Gasteiger partial charge in [0.05, 0.1) is 6.26 Å². The van der Waals surface area contributed by atoms with Crippen LogP contribution in [0.25, 0.3) is 6.08 Å². The normalized spacial score (nSPS) is 25.2. The molecule has 0 spiro atoms. The van der Waals surface area contributed by atoms with E-state index in [-0.39, 0.29) is 16.9 Å². The first-order valence-corrected chi connectivity index (χ1v) is 5.88. The molecule has 1 aliphatic rings. The molecule has 2 rings (SSSR count). The number of rotatable bonds is 1. The summed E-state index contributed by atoms with van der Waals surface area (Å²) in [4.78, 5) is 12.2. The standard InChI is InChI=1S/C14H19NO2/c1-13(2)9-12(16)11(14(3,4)15-13)8-10-6-5-7-17-10/h5-8,15H,9H2,1-4H3/b11-8+. The van der Waals surface area contributed by atoms with Crippen molar-refractivity contribution >= 4 is 11.9 Å². The summed E-state index contributed by atoms with van der Waals surface area (Å²) < 4.78 is 5.27. The number of nitrogens with one attached hydrogen (secondary N) is 1. The highest BCUT2D eigenvalue weighted by Crippen LogP contribution is 2.31. The first-order valence-electron chi connectivity index (χ1n) is 5.88. The van der Waals surface area contributed by atoms with Gasteiger partial charge in [-0.2, -0.15) is 0 Å². The third-order valence-corrected chi connectivity index (χ3v) is 3.06. The van der Waals surface area contributed by atoms with E-state index in [0.717, 1.165) is 11.3 Å². The zero-order valence-corrected chi connectivity index (χ0v) is 10.8. The molecule has 1 aromatic heterocycles. The van der Waals surface area contributed by atoms with Crippen molar-refractivity contribution in [2.75, 3.05) is 0 Å². The van der Waals surface area contributed by atoms with Crippen LogP contribution in [-0.4, -0.2) is 16.9 Å². The Morgan fingerprint density at radius 2 is 2.06 bits per heavy atom. The fraction of sp³-hybridized carbons (Fsp3) is 0.500. The van der Waals surface area contributed by atoms with Crippen molar-refractivity contribution in [1.29, 1.82) is 0 Å². The Kier molecular flexibility index (Phi) is 2.74. The molecule has 0 saturated carbocycles. The average molecular weight is 233 g/mol. The third-order valence-electron chi connectivity index (χ3n) is 3.06. The molecule has 1 aromatic rings. The van der Waals surface area contributed by atoms with E-state index in [1.54, 1.807) is 6.26 Å². The molecule has 0 aliphatic carbocycles. The molecule has 0 radical (unpaired) electrons. The maximum Gasteiger partial charge on any atom is 0.162 e. The van der Waals surface area contributed by atoms with E-state index in [2.05, 4.69) is 19.2 Å². The fourth-order valence-corrected chi connectivity index (χ4v) is 2.58. The summed E-state index contributed by atoms with van der Waals surface area (Å²) in [5, 5.41) is 3.49. The number of carbonyl (C=O) groups excluding carboxylic acids is 1. The van der Waals surface area contributed by atoms with Gasteiger partial charge in [-0.3, -0.25) is 4.79 Å².